The van der Waals surface area contributed by atoms with Gasteiger partial charge in [0.05, 0.1) is 24.7 Å². The van der Waals surface area contributed by atoms with Crippen LogP contribution in [0.3, 0.4) is 0 Å². The van der Waals surface area contributed by atoms with Gasteiger partial charge in [-0.1, -0.05) is 0 Å². The smallest absolute Gasteiger partial charge is 0.264 e. The van der Waals surface area contributed by atoms with E-state index in [2.05, 4.69) is 0 Å². The summed E-state index contributed by atoms with van der Waals surface area (Å²) in [4.78, 5) is 0. The fourth-order valence-corrected chi connectivity index (χ4v) is 3.11. The van der Waals surface area contributed by atoms with Crippen molar-refractivity contribution in [2.75, 3.05) is 12.5 Å². The molecule has 0 heterocycles. The van der Waals surface area contributed by atoms with Crippen LogP contribution < -0.4 is 0 Å². The molecular formula is C8H16O6S2. The fraction of sp³-hybridized carbons (Fsp3) is 1.00. The zero-order valence-electron chi connectivity index (χ0n) is 9.25. The van der Waals surface area contributed by atoms with Crippen molar-refractivity contribution in [2.24, 2.45) is 0 Å². The molecule has 96 valence electrons. The van der Waals surface area contributed by atoms with Gasteiger partial charge in [-0.3, -0.25) is 8.37 Å². The van der Waals surface area contributed by atoms with E-state index in [0.717, 1.165) is 12.5 Å². The highest BCUT2D eigenvalue weighted by atomic mass is 32.2. The first kappa shape index (κ1) is 13.9. The van der Waals surface area contributed by atoms with E-state index < -0.39 is 32.4 Å². The van der Waals surface area contributed by atoms with Gasteiger partial charge in [0.25, 0.3) is 20.2 Å². The molecule has 1 rings (SSSR count). The van der Waals surface area contributed by atoms with Gasteiger partial charge in [-0.25, -0.2) is 0 Å². The summed E-state index contributed by atoms with van der Waals surface area (Å²) in [5, 5.41) is 0. The van der Waals surface area contributed by atoms with E-state index in [9.17, 15) is 16.8 Å². The maximum Gasteiger partial charge on any atom is 0.264 e. The first-order chi connectivity index (χ1) is 7.16. The Hall–Kier alpha value is -0.180. The van der Waals surface area contributed by atoms with Crippen molar-refractivity contribution in [3.8, 4) is 0 Å². The number of hydrogen-bond acceptors (Lipinski definition) is 6. The van der Waals surface area contributed by atoms with Gasteiger partial charge in [0, 0.05) is 6.42 Å². The Balaban J connectivity index is 2.54. The first-order valence-electron chi connectivity index (χ1n) is 4.92. The van der Waals surface area contributed by atoms with Gasteiger partial charge >= 0.3 is 0 Å². The Labute approximate surface area is 96.2 Å². The lowest BCUT2D eigenvalue weighted by Gasteiger charge is -2.27. The van der Waals surface area contributed by atoms with E-state index in [1.807, 2.05) is 0 Å². The van der Waals surface area contributed by atoms with Crippen molar-refractivity contribution < 1.29 is 25.2 Å². The van der Waals surface area contributed by atoms with Crippen molar-refractivity contribution in [3.63, 3.8) is 0 Å². The molecule has 1 aliphatic rings. The molecule has 16 heavy (non-hydrogen) atoms. The van der Waals surface area contributed by atoms with Crippen LogP contribution in [-0.4, -0.2) is 41.6 Å². The maximum absolute atomic E-state index is 10.9. The minimum Gasteiger partial charge on any atom is -0.267 e. The molecule has 0 aromatic heterocycles. The monoisotopic (exact) mass is 272 g/mol. The topological polar surface area (TPSA) is 86.7 Å². The molecule has 0 aliphatic heterocycles. The van der Waals surface area contributed by atoms with Crippen molar-refractivity contribution >= 4 is 20.2 Å². The molecule has 0 aromatic rings. The Morgan fingerprint density at radius 3 is 1.56 bits per heavy atom. The van der Waals surface area contributed by atoms with Crippen molar-refractivity contribution in [1.29, 1.82) is 0 Å². The Morgan fingerprint density at radius 1 is 0.875 bits per heavy atom. The van der Waals surface area contributed by atoms with Crippen LogP contribution in [0, 0.1) is 0 Å². The summed E-state index contributed by atoms with van der Waals surface area (Å²) in [5.74, 6) is 0. The highest BCUT2D eigenvalue weighted by molar-refractivity contribution is 7.86. The molecule has 0 saturated heterocycles. The largest absolute Gasteiger partial charge is 0.267 e. The molecule has 1 aliphatic carbocycles. The van der Waals surface area contributed by atoms with Crippen LogP contribution in [0.4, 0.5) is 0 Å². The van der Waals surface area contributed by atoms with E-state index in [4.69, 9.17) is 8.37 Å². The summed E-state index contributed by atoms with van der Waals surface area (Å²) in [6.45, 7) is 0. The molecule has 2 unspecified atom stereocenters. The summed E-state index contributed by atoms with van der Waals surface area (Å²) >= 11 is 0. The van der Waals surface area contributed by atoms with Crippen LogP contribution in [0.5, 0.6) is 0 Å². The molecule has 0 bridgehead atoms. The van der Waals surface area contributed by atoms with Crippen LogP contribution in [0.25, 0.3) is 0 Å². The second-order valence-corrected chi connectivity index (χ2v) is 7.21. The number of rotatable bonds is 4. The van der Waals surface area contributed by atoms with Gasteiger partial charge in [-0.2, -0.15) is 16.8 Å². The minimum absolute atomic E-state index is 0.292. The summed E-state index contributed by atoms with van der Waals surface area (Å²) in [7, 11) is -6.99. The molecule has 0 aromatic carbocycles. The molecular weight excluding hydrogens is 256 g/mol. The van der Waals surface area contributed by atoms with Crippen molar-refractivity contribution in [3.05, 3.63) is 0 Å². The second-order valence-electron chi connectivity index (χ2n) is 4.01. The van der Waals surface area contributed by atoms with Gasteiger partial charge in [0.1, 0.15) is 0 Å². The summed E-state index contributed by atoms with van der Waals surface area (Å²) < 4.78 is 53.3. The second kappa shape index (κ2) is 4.99. The molecule has 8 heteroatoms. The highest BCUT2D eigenvalue weighted by Crippen LogP contribution is 2.25. The van der Waals surface area contributed by atoms with Crippen molar-refractivity contribution in [2.45, 2.75) is 37.9 Å². The van der Waals surface area contributed by atoms with Gasteiger partial charge in [-0.15, -0.1) is 0 Å². The van der Waals surface area contributed by atoms with E-state index in [1.165, 1.54) is 0 Å². The molecule has 0 amide bonds. The van der Waals surface area contributed by atoms with Gasteiger partial charge < -0.3 is 0 Å². The van der Waals surface area contributed by atoms with Crippen LogP contribution in [0.1, 0.15) is 25.7 Å². The quantitative estimate of drug-likeness (QED) is 0.682. The average molecular weight is 272 g/mol. The lowest BCUT2D eigenvalue weighted by molar-refractivity contribution is 0.0772. The summed E-state index contributed by atoms with van der Waals surface area (Å²) in [5.41, 5.74) is 0. The predicted octanol–water partition coefficient (Wildman–Crippen LogP) is 0.250. The fourth-order valence-electron chi connectivity index (χ4n) is 1.77. The average Bonchev–Trinajstić information content (AvgIpc) is 1.96. The van der Waals surface area contributed by atoms with Crippen LogP contribution in [-0.2, 0) is 28.6 Å². The normalized spacial score (nSPS) is 27.9. The molecule has 0 N–H and O–H groups in total. The van der Waals surface area contributed by atoms with Crippen molar-refractivity contribution in [1.82, 2.24) is 0 Å². The third kappa shape index (κ3) is 5.78. The summed E-state index contributed by atoms with van der Waals surface area (Å²) in [6.07, 6.45) is 3.21. The maximum atomic E-state index is 10.9. The SMILES string of the molecule is CS(=O)(=O)OC1CCCC(OS(C)(=O)=O)C1. The van der Waals surface area contributed by atoms with Gasteiger partial charge in [0.15, 0.2) is 0 Å². The standard InChI is InChI=1S/C8H16O6S2/c1-15(9,10)13-7-4-3-5-8(6-7)14-16(2,11)12/h7-8H,3-6H2,1-2H3. The molecule has 1 saturated carbocycles. The Kier molecular flexibility index (Phi) is 4.33. The van der Waals surface area contributed by atoms with E-state index in [0.29, 0.717) is 25.7 Å². The van der Waals surface area contributed by atoms with Crippen LogP contribution >= 0.6 is 0 Å². The van der Waals surface area contributed by atoms with E-state index >= 15 is 0 Å². The minimum atomic E-state index is -3.50. The van der Waals surface area contributed by atoms with Crippen LogP contribution in [0.2, 0.25) is 0 Å². The third-order valence-electron chi connectivity index (χ3n) is 2.20. The lowest BCUT2D eigenvalue weighted by Crippen LogP contribution is -2.31. The Morgan fingerprint density at radius 2 is 1.25 bits per heavy atom. The summed E-state index contributed by atoms with van der Waals surface area (Å²) in [6, 6.07) is 0. The number of hydrogen-bond donors (Lipinski definition) is 0. The molecule has 0 radical (unpaired) electrons. The van der Waals surface area contributed by atoms with Crippen LogP contribution in [0.15, 0.2) is 0 Å². The van der Waals surface area contributed by atoms with E-state index in [1.54, 1.807) is 0 Å². The molecule has 1 fully saturated rings. The predicted molar refractivity (Wildman–Crippen MR) is 57.9 cm³/mol. The molecule has 0 spiro atoms. The lowest BCUT2D eigenvalue weighted by atomic mass is 9.95. The Bertz CT molecular complexity index is 383. The zero-order chi connectivity index (χ0) is 12.4. The molecule has 6 nitrogen and oxygen atoms in total. The molecule has 2 atom stereocenters. The third-order valence-corrected chi connectivity index (χ3v) is 3.44. The first-order valence-corrected chi connectivity index (χ1v) is 8.55. The zero-order valence-corrected chi connectivity index (χ0v) is 10.9. The van der Waals surface area contributed by atoms with Gasteiger partial charge in [-0.05, 0) is 19.3 Å². The van der Waals surface area contributed by atoms with Gasteiger partial charge in [0.2, 0.25) is 0 Å². The highest BCUT2D eigenvalue weighted by Gasteiger charge is 2.28. The van der Waals surface area contributed by atoms with E-state index in [-0.39, 0.29) is 0 Å².